The Hall–Kier alpha value is -3.85. The third-order valence-electron chi connectivity index (χ3n) is 5.67. The number of aromatic nitrogens is 5. The van der Waals surface area contributed by atoms with Gasteiger partial charge in [-0.25, -0.2) is 15.0 Å². The highest BCUT2D eigenvalue weighted by Crippen LogP contribution is 2.33. The van der Waals surface area contributed by atoms with Crippen LogP contribution < -0.4 is 10.6 Å². The summed E-state index contributed by atoms with van der Waals surface area (Å²) in [7, 11) is 0. The van der Waals surface area contributed by atoms with Crippen molar-refractivity contribution in [3.63, 3.8) is 0 Å². The number of nitrogen functional groups attached to an aromatic ring is 1. The van der Waals surface area contributed by atoms with Gasteiger partial charge in [0.2, 0.25) is 0 Å². The Morgan fingerprint density at radius 1 is 1.09 bits per heavy atom. The van der Waals surface area contributed by atoms with Gasteiger partial charge in [0.1, 0.15) is 5.82 Å². The van der Waals surface area contributed by atoms with Crippen molar-refractivity contribution in [3.8, 4) is 22.8 Å². The maximum atomic E-state index is 7.87. The summed E-state index contributed by atoms with van der Waals surface area (Å²) in [5.41, 5.74) is 10.5. The van der Waals surface area contributed by atoms with Crippen LogP contribution in [0.25, 0.3) is 33.9 Å². The number of rotatable bonds is 5. The molecular formula is C23H24N8O. The maximum Gasteiger partial charge on any atom is 0.166 e. The predicted octanol–water partition coefficient (Wildman–Crippen LogP) is 2.99. The van der Waals surface area contributed by atoms with E-state index in [-0.39, 0.29) is 0 Å². The molecule has 1 fully saturated rings. The molecule has 32 heavy (non-hydrogen) atoms. The van der Waals surface area contributed by atoms with Crippen LogP contribution in [-0.4, -0.2) is 57.0 Å². The largest absolute Gasteiger partial charge is 0.398 e. The quantitative estimate of drug-likeness (QED) is 0.370. The molecule has 0 aliphatic carbocycles. The number of nitrogens with zero attached hydrogens (tertiary/aromatic N) is 6. The highest BCUT2D eigenvalue weighted by Gasteiger charge is 2.24. The zero-order chi connectivity index (χ0) is 22.1. The van der Waals surface area contributed by atoms with E-state index in [0.717, 1.165) is 47.0 Å². The molecule has 1 saturated heterocycles. The highest BCUT2D eigenvalue weighted by atomic mass is 16.5. The van der Waals surface area contributed by atoms with Gasteiger partial charge < -0.3 is 25.3 Å². The molecule has 4 aromatic rings. The van der Waals surface area contributed by atoms with Crippen molar-refractivity contribution < 1.29 is 4.74 Å². The van der Waals surface area contributed by atoms with Crippen molar-refractivity contribution in [2.45, 2.75) is 13.5 Å². The zero-order valence-corrected chi connectivity index (χ0v) is 17.8. The minimum Gasteiger partial charge on any atom is -0.398 e. The SMILES string of the molecule is CCn1c(-c2ccncc2)nc2c(N3CCOCC3)nc(-c3cccc(N)c3C=N)nc21. The Bertz CT molecular complexity index is 1280. The molecule has 1 aliphatic rings. The Kier molecular flexibility index (Phi) is 5.24. The summed E-state index contributed by atoms with van der Waals surface area (Å²) >= 11 is 0. The topological polar surface area (TPSA) is 119 Å². The van der Waals surface area contributed by atoms with E-state index in [1.54, 1.807) is 18.5 Å². The van der Waals surface area contributed by atoms with Gasteiger partial charge in [-0.05, 0) is 25.1 Å². The molecule has 0 amide bonds. The van der Waals surface area contributed by atoms with Crippen LogP contribution in [0.15, 0.2) is 42.7 Å². The maximum absolute atomic E-state index is 7.87. The number of morpholine rings is 1. The van der Waals surface area contributed by atoms with Crippen molar-refractivity contribution in [3.05, 3.63) is 48.3 Å². The minimum absolute atomic E-state index is 0.524. The van der Waals surface area contributed by atoms with Crippen LogP contribution in [0.1, 0.15) is 12.5 Å². The van der Waals surface area contributed by atoms with Crippen LogP contribution >= 0.6 is 0 Å². The average molecular weight is 429 g/mol. The number of hydrogen-bond acceptors (Lipinski definition) is 8. The van der Waals surface area contributed by atoms with Crippen LogP contribution in [0, 0.1) is 5.41 Å². The van der Waals surface area contributed by atoms with Gasteiger partial charge in [-0.2, -0.15) is 0 Å². The molecule has 0 spiro atoms. The molecular weight excluding hydrogens is 404 g/mol. The third-order valence-corrected chi connectivity index (χ3v) is 5.67. The number of ether oxygens (including phenoxy) is 1. The van der Waals surface area contributed by atoms with Crippen LogP contribution in [0.5, 0.6) is 0 Å². The van der Waals surface area contributed by atoms with Crippen molar-refractivity contribution in [2.24, 2.45) is 0 Å². The van der Waals surface area contributed by atoms with E-state index >= 15 is 0 Å². The lowest BCUT2D eigenvalue weighted by Crippen LogP contribution is -2.37. The van der Waals surface area contributed by atoms with E-state index in [9.17, 15) is 0 Å². The monoisotopic (exact) mass is 428 g/mol. The lowest BCUT2D eigenvalue weighted by molar-refractivity contribution is 0.122. The molecule has 0 saturated carbocycles. The first-order valence-electron chi connectivity index (χ1n) is 10.6. The number of anilines is 2. The molecule has 5 rings (SSSR count). The molecule has 1 aliphatic heterocycles. The van der Waals surface area contributed by atoms with Crippen LogP contribution in [0.3, 0.4) is 0 Å². The Balaban J connectivity index is 1.80. The second-order valence-electron chi connectivity index (χ2n) is 7.51. The molecule has 9 nitrogen and oxygen atoms in total. The Morgan fingerprint density at radius 2 is 1.88 bits per heavy atom. The van der Waals surface area contributed by atoms with Crippen molar-refractivity contribution >= 4 is 28.9 Å². The van der Waals surface area contributed by atoms with Gasteiger partial charge in [-0.3, -0.25) is 4.98 Å². The summed E-state index contributed by atoms with van der Waals surface area (Å²) < 4.78 is 7.65. The Labute approximate surface area is 185 Å². The molecule has 0 radical (unpaired) electrons. The van der Waals surface area contributed by atoms with Crippen LogP contribution in [-0.2, 0) is 11.3 Å². The fraction of sp³-hybridized carbons (Fsp3) is 0.261. The molecule has 9 heteroatoms. The fourth-order valence-corrected chi connectivity index (χ4v) is 4.06. The summed E-state index contributed by atoms with van der Waals surface area (Å²) in [6.45, 7) is 5.49. The highest BCUT2D eigenvalue weighted by molar-refractivity contribution is 5.95. The van der Waals surface area contributed by atoms with Gasteiger partial charge >= 0.3 is 0 Å². The van der Waals surface area contributed by atoms with Gasteiger partial charge in [0.15, 0.2) is 22.8 Å². The predicted molar refractivity (Wildman–Crippen MR) is 125 cm³/mol. The number of aryl methyl sites for hydroxylation is 1. The normalized spacial score (nSPS) is 14.1. The van der Waals surface area contributed by atoms with E-state index in [2.05, 4.69) is 21.4 Å². The summed E-state index contributed by atoms with van der Waals surface area (Å²) in [5, 5.41) is 7.87. The molecule has 3 N–H and O–H groups in total. The van der Waals surface area contributed by atoms with Crippen molar-refractivity contribution in [1.29, 1.82) is 5.41 Å². The van der Waals surface area contributed by atoms with Crippen molar-refractivity contribution in [2.75, 3.05) is 36.9 Å². The number of nitrogens with two attached hydrogens (primary N) is 1. The number of imidazole rings is 1. The summed E-state index contributed by atoms with van der Waals surface area (Å²) in [4.78, 5) is 21.2. The molecule has 0 atom stereocenters. The van der Waals surface area contributed by atoms with Gasteiger partial charge in [-0.1, -0.05) is 12.1 Å². The average Bonchev–Trinajstić information content (AvgIpc) is 3.23. The van der Waals surface area contributed by atoms with E-state index in [1.807, 2.05) is 24.3 Å². The van der Waals surface area contributed by atoms with E-state index in [4.69, 9.17) is 30.8 Å². The van der Waals surface area contributed by atoms with Crippen LogP contribution in [0.2, 0.25) is 0 Å². The van der Waals surface area contributed by atoms with Gasteiger partial charge in [0, 0.05) is 60.6 Å². The van der Waals surface area contributed by atoms with E-state index < -0.39 is 0 Å². The molecule has 3 aromatic heterocycles. The second-order valence-corrected chi connectivity index (χ2v) is 7.51. The van der Waals surface area contributed by atoms with Gasteiger partial charge in [0.25, 0.3) is 0 Å². The van der Waals surface area contributed by atoms with Gasteiger partial charge in [0.05, 0.1) is 13.2 Å². The number of pyridine rings is 1. The smallest absolute Gasteiger partial charge is 0.166 e. The summed E-state index contributed by atoms with van der Waals surface area (Å²) in [6, 6.07) is 9.43. The third kappa shape index (κ3) is 3.36. The first-order chi connectivity index (χ1) is 15.7. The standard InChI is InChI=1S/C23H24N8O/c1-2-31-21(15-6-8-26-9-7-15)27-19-22(30-10-12-32-13-11-30)28-20(29-23(19)31)16-4-3-5-18(25)17(16)14-24/h3-9,14,24H,2,10-13,25H2,1H3. The van der Waals surface area contributed by atoms with Crippen molar-refractivity contribution in [1.82, 2.24) is 24.5 Å². The molecule has 4 heterocycles. The summed E-state index contributed by atoms with van der Waals surface area (Å²) in [5.74, 6) is 2.13. The number of nitrogens with one attached hydrogen (secondary N) is 1. The lowest BCUT2D eigenvalue weighted by Gasteiger charge is -2.28. The number of fused-ring (bicyclic) bond motifs is 1. The molecule has 0 unspecified atom stereocenters. The summed E-state index contributed by atoms with van der Waals surface area (Å²) in [6.07, 6.45) is 4.78. The molecule has 0 bridgehead atoms. The molecule has 162 valence electrons. The Morgan fingerprint density at radius 3 is 2.59 bits per heavy atom. The van der Waals surface area contributed by atoms with Crippen LogP contribution in [0.4, 0.5) is 11.5 Å². The second kappa shape index (κ2) is 8.35. The molecule has 1 aromatic carbocycles. The zero-order valence-electron chi connectivity index (χ0n) is 17.8. The van der Waals surface area contributed by atoms with E-state index in [1.165, 1.54) is 6.21 Å². The first-order valence-corrected chi connectivity index (χ1v) is 10.6. The lowest BCUT2D eigenvalue weighted by atomic mass is 10.1. The fourth-order valence-electron chi connectivity index (χ4n) is 4.06. The number of hydrogen-bond donors (Lipinski definition) is 2. The minimum atomic E-state index is 0.524. The first kappa shape index (κ1) is 20.1. The van der Waals surface area contributed by atoms with E-state index in [0.29, 0.717) is 36.8 Å². The van der Waals surface area contributed by atoms with Gasteiger partial charge in [-0.15, -0.1) is 0 Å². The number of benzene rings is 1.